The molecule has 1 aromatic heterocycles. The molecule has 1 aliphatic rings. The average molecular weight is 335 g/mol. The summed E-state index contributed by atoms with van der Waals surface area (Å²) in [5.41, 5.74) is 3.11. The Labute approximate surface area is 145 Å². The van der Waals surface area contributed by atoms with Crippen LogP contribution in [-0.2, 0) is 11.3 Å². The second-order valence-electron chi connectivity index (χ2n) is 5.79. The molecule has 1 unspecified atom stereocenters. The normalized spacial score (nSPS) is 15.6. The minimum absolute atomic E-state index is 0.187. The Morgan fingerprint density at radius 1 is 1.00 bits per heavy atom. The number of hydrogen-bond acceptors (Lipinski definition) is 4. The fourth-order valence-electron chi connectivity index (χ4n) is 2.70. The van der Waals surface area contributed by atoms with Crippen molar-refractivity contribution in [1.29, 1.82) is 0 Å². The van der Waals surface area contributed by atoms with E-state index in [0.717, 1.165) is 16.7 Å². The number of ether oxygens (including phenoxy) is 2. The van der Waals surface area contributed by atoms with Gasteiger partial charge in [0.1, 0.15) is 6.61 Å². The van der Waals surface area contributed by atoms with Gasteiger partial charge >= 0.3 is 0 Å². The first kappa shape index (κ1) is 15.3. The monoisotopic (exact) mass is 335 g/mol. The van der Waals surface area contributed by atoms with Crippen molar-refractivity contribution in [2.75, 3.05) is 6.61 Å². The Kier molecular flexibility index (Phi) is 4.12. The molecule has 0 saturated heterocycles. The number of carbonyl (C=O) groups excluding carboxylic acids is 1. The van der Waals surface area contributed by atoms with Crippen LogP contribution in [0.4, 0.5) is 0 Å². The van der Waals surface area contributed by atoms with Crippen molar-refractivity contribution in [2.24, 2.45) is 0 Å². The molecule has 126 valence electrons. The molecule has 0 radical (unpaired) electrons. The van der Waals surface area contributed by atoms with E-state index in [-0.39, 0.29) is 12.5 Å². The molecule has 25 heavy (non-hydrogen) atoms. The molecule has 1 atom stereocenters. The van der Waals surface area contributed by atoms with Crippen molar-refractivity contribution in [3.63, 3.8) is 0 Å². The molecule has 3 aromatic rings. The first-order valence-corrected chi connectivity index (χ1v) is 8.07. The zero-order chi connectivity index (χ0) is 17.1. The SMILES string of the molecule is O=C(NCc1ccc(-c2ccoc2)cc1)C1COc2ccccc2O1. The van der Waals surface area contributed by atoms with Crippen LogP contribution in [0.2, 0.25) is 0 Å². The van der Waals surface area contributed by atoms with Crippen LogP contribution >= 0.6 is 0 Å². The zero-order valence-corrected chi connectivity index (χ0v) is 13.5. The summed E-state index contributed by atoms with van der Waals surface area (Å²) in [7, 11) is 0. The van der Waals surface area contributed by atoms with Gasteiger partial charge in [-0.15, -0.1) is 0 Å². The van der Waals surface area contributed by atoms with Gasteiger partial charge in [-0.1, -0.05) is 36.4 Å². The molecule has 5 heteroatoms. The Bertz CT molecular complexity index is 856. The van der Waals surface area contributed by atoms with Crippen LogP contribution in [0.5, 0.6) is 11.5 Å². The van der Waals surface area contributed by atoms with Gasteiger partial charge in [-0.3, -0.25) is 4.79 Å². The molecule has 1 aliphatic heterocycles. The summed E-state index contributed by atoms with van der Waals surface area (Å²) in [4.78, 5) is 12.3. The molecular formula is C20H17NO4. The smallest absolute Gasteiger partial charge is 0.264 e. The highest BCUT2D eigenvalue weighted by molar-refractivity contribution is 5.81. The maximum Gasteiger partial charge on any atom is 0.264 e. The highest BCUT2D eigenvalue weighted by atomic mass is 16.6. The van der Waals surface area contributed by atoms with Crippen molar-refractivity contribution < 1.29 is 18.7 Å². The number of carbonyl (C=O) groups is 1. The molecule has 0 spiro atoms. The number of rotatable bonds is 4. The van der Waals surface area contributed by atoms with Gasteiger partial charge in [0.15, 0.2) is 11.5 Å². The lowest BCUT2D eigenvalue weighted by molar-refractivity contribution is -0.130. The molecular weight excluding hydrogens is 318 g/mol. The van der Waals surface area contributed by atoms with Gasteiger partial charge < -0.3 is 19.2 Å². The standard InChI is InChI=1S/C20H17NO4/c22-20(19-13-24-17-3-1-2-4-18(17)25-19)21-11-14-5-7-15(8-6-14)16-9-10-23-12-16/h1-10,12,19H,11,13H2,(H,21,22). The maximum atomic E-state index is 12.3. The third-order valence-corrected chi connectivity index (χ3v) is 4.08. The van der Waals surface area contributed by atoms with Crippen molar-refractivity contribution in [2.45, 2.75) is 12.6 Å². The van der Waals surface area contributed by atoms with E-state index in [1.807, 2.05) is 48.5 Å². The van der Waals surface area contributed by atoms with Crippen molar-refractivity contribution in [1.82, 2.24) is 5.32 Å². The first-order valence-electron chi connectivity index (χ1n) is 8.07. The van der Waals surface area contributed by atoms with E-state index in [0.29, 0.717) is 18.0 Å². The quantitative estimate of drug-likeness (QED) is 0.794. The Hall–Kier alpha value is -3.21. The molecule has 0 fully saturated rings. The fourth-order valence-corrected chi connectivity index (χ4v) is 2.70. The Morgan fingerprint density at radius 3 is 2.56 bits per heavy atom. The van der Waals surface area contributed by atoms with Crippen LogP contribution in [0.3, 0.4) is 0 Å². The number of furan rings is 1. The van der Waals surface area contributed by atoms with Crippen molar-refractivity contribution in [3.8, 4) is 22.6 Å². The third-order valence-electron chi connectivity index (χ3n) is 4.08. The molecule has 1 amide bonds. The van der Waals surface area contributed by atoms with E-state index >= 15 is 0 Å². The second kappa shape index (κ2) is 6.73. The molecule has 1 N–H and O–H groups in total. The molecule has 4 rings (SSSR count). The minimum atomic E-state index is -0.639. The molecule has 5 nitrogen and oxygen atoms in total. The van der Waals surface area contributed by atoms with Crippen LogP contribution in [0.1, 0.15) is 5.56 Å². The van der Waals surface area contributed by atoms with Crippen LogP contribution in [-0.4, -0.2) is 18.6 Å². The fraction of sp³-hybridized carbons (Fsp3) is 0.150. The maximum absolute atomic E-state index is 12.3. The van der Waals surface area contributed by atoms with Crippen molar-refractivity contribution >= 4 is 5.91 Å². The number of nitrogens with one attached hydrogen (secondary N) is 1. The van der Waals surface area contributed by atoms with Gasteiger partial charge in [0, 0.05) is 12.1 Å². The van der Waals surface area contributed by atoms with Gasteiger partial charge in [0.2, 0.25) is 6.10 Å². The summed E-state index contributed by atoms with van der Waals surface area (Å²) in [6.45, 7) is 0.647. The van der Waals surface area contributed by atoms with E-state index in [4.69, 9.17) is 13.9 Å². The van der Waals surface area contributed by atoms with Gasteiger partial charge in [-0.05, 0) is 29.3 Å². The van der Waals surface area contributed by atoms with E-state index in [1.165, 1.54) is 0 Å². The van der Waals surface area contributed by atoms with E-state index in [2.05, 4.69) is 5.32 Å². The van der Waals surface area contributed by atoms with Crippen LogP contribution < -0.4 is 14.8 Å². The topological polar surface area (TPSA) is 60.7 Å². The summed E-state index contributed by atoms with van der Waals surface area (Å²) < 4.78 is 16.4. The molecule has 0 aliphatic carbocycles. The van der Waals surface area contributed by atoms with Crippen molar-refractivity contribution in [3.05, 3.63) is 72.7 Å². The lowest BCUT2D eigenvalue weighted by atomic mass is 10.1. The molecule has 2 heterocycles. The highest BCUT2D eigenvalue weighted by Crippen LogP contribution is 2.30. The summed E-state index contributed by atoms with van der Waals surface area (Å²) in [5.74, 6) is 1.08. The Morgan fingerprint density at radius 2 is 1.80 bits per heavy atom. The van der Waals surface area contributed by atoms with Gasteiger partial charge in [-0.25, -0.2) is 0 Å². The predicted molar refractivity (Wildman–Crippen MR) is 92.3 cm³/mol. The number of fused-ring (bicyclic) bond motifs is 1. The molecule has 0 saturated carbocycles. The molecule has 2 aromatic carbocycles. The van der Waals surface area contributed by atoms with Gasteiger partial charge in [0.05, 0.1) is 12.5 Å². The van der Waals surface area contributed by atoms with Crippen LogP contribution in [0, 0.1) is 0 Å². The number of para-hydroxylation sites is 2. The van der Waals surface area contributed by atoms with E-state index < -0.39 is 6.10 Å². The third kappa shape index (κ3) is 3.35. The summed E-state index contributed by atoms with van der Waals surface area (Å²) in [5, 5.41) is 2.89. The largest absolute Gasteiger partial charge is 0.485 e. The number of hydrogen-bond donors (Lipinski definition) is 1. The van der Waals surface area contributed by atoms with Crippen LogP contribution in [0.15, 0.2) is 71.5 Å². The van der Waals surface area contributed by atoms with E-state index in [9.17, 15) is 4.79 Å². The zero-order valence-electron chi connectivity index (χ0n) is 13.5. The number of benzene rings is 2. The summed E-state index contributed by atoms with van der Waals surface area (Å²) in [6.07, 6.45) is 2.71. The Balaban J connectivity index is 1.35. The highest BCUT2D eigenvalue weighted by Gasteiger charge is 2.26. The first-order chi connectivity index (χ1) is 12.3. The summed E-state index contributed by atoms with van der Waals surface area (Å²) >= 11 is 0. The number of amides is 1. The second-order valence-corrected chi connectivity index (χ2v) is 5.79. The van der Waals surface area contributed by atoms with Crippen LogP contribution in [0.25, 0.3) is 11.1 Å². The minimum Gasteiger partial charge on any atom is -0.485 e. The van der Waals surface area contributed by atoms with Gasteiger partial charge in [-0.2, -0.15) is 0 Å². The molecule has 0 bridgehead atoms. The van der Waals surface area contributed by atoms with Gasteiger partial charge in [0.25, 0.3) is 5.91 Å². The average Bonchev–Trinajstić information content (AvgIpc) is 3.21. The van der Waals surface area contributed by atoms with E-state index in [1.54, 1.807) is 18.6 Å². The lowest BCUT2D eigenvalue weighted by Gasteiger charge is -2.25. The predicted octanol–water partition coefficient (Wildman–Crippen LogP) is 3.40. The lowest BCUT2D eigenvalue weighted by Crippen LogP contribution is -2.43. The summed E-state index contributed by atoms with van der Waals surface area (Å²) in [6, 6.07) is 17.2.